The maximum Gasteiger partial charge on any atom is 0.247 e. The first-order chi connectivity index (χ1) is 23.6. The Morgan fingerprint density at radius 2 is 1.69 bits per heavy atom. The number of hydroxylamine groups is 1. The number of carbonyl (C=O) groups is 1. The van der Waals surface area contributed by atoms with E-state index in [1.165, 1.54) is 50.1 Å². The summed E-state index contributed by atoms with van der Waals surface area (Å²) in [6.45, 7) is 5.50. The third-order valence-electron chi connectivity index (χ3n) is 9.33. The molecular formula is C35H44FN3O10. The molecule has 3 heterocycles. The number of hydrogen-bond donors (Lipinski definition) is 6. The van der Waals surface area contributed by atoms with Crippen molar-refractivity contribution in [1.29, 1.82) is 0 Å². The molecule has 49 heavy (non-hydrogen) atoms. The van der Waals surface area contributed by atoms with Gasteiger partial charge < -0.3 is 49.6 Å². The van der Waals surface area contributed by atoms with Crippen LogP contribution in [0.3, 0.4) is 0 Å². The number of anilines is 1. The van der Waals surface area contributed by atoms with Crippen LogP contribution in [0.1, 0.15) is 50.7 Å². The highest BCUT2D eigenvalue weighted by Gasteiger charge is 2.53. The Kier molecular flexibility index (Phi) is 11.0. The number of hydrogen-bond acceptors (Lipinski definition) is 12. The third kappa shape index (κ3) is 8.01. The van der Waals surface area contributed by atoms with Crippen LogP contribution in [-0.4, -0.2) is 95.2 Å². The van der Waals surface area contributed by atoms with Crippen molar-refractivity contribution in [2.75, 3.05) is 24.8 Å². The molecule has 6 N–H and O–H groups in total. The van der Waals surface area contributed by atoms with Gasteiger partial charge >= 0.3 is 0 Å². The molecule has 3 saturated heterocycles. The lowest BCUT2D eigenvalue weighted by Crippen LogP contribution is -2.67. The maximum absolute atomic E-state index is 15.1. The molecule has 1 aliphatic carbocycles. The van der Waals surface area contributed by atoms with Gasteiger partial charge in [0.25, 0.3) is 0 Å². The molecule has 266 valence electrons. The molecule has 4 aliphatic rings. The van der Waals surface area contributed by atoms with Gasteiger partial charge in [-0.2, -0.15) is 0 Å². The zero-order valence-corrected chi connectivity index (χ0v) is 27.5. The third-order valence-corrected chi connectivity index (χ3v) is 9.33. The summed E-state index contributed by atoms with van der Waals surface area (Å²) in [5, 5.41) is 44.5. The molecule has 0 radical (unpaired) electrons. The van der Waals surface area contributed by atoms with Gasteiger partial charge in [0.15, 0.2) is 17.3 Å². The largest absolute Gasteiger partial charge is 0.454 e. The number of amides is 1. The highest BCUT2D eigenvalue weighted by Crippen LogP contribution is 2.32. The number of benzene rings is 2. The van der Waals surface area contributed by atoms with Crippen LogP contribution in [0.5, 0.6) is 5.75 Å². The molecule has 0 spiro atoms. The zero-order chi connectivity index (χ0) is 34.7. The average molecular weight is 686 g/mol. The quantitative estimate of drug-likeness (QED) is 0.159. The van der Waals surface area contributed by atoms with Gasteiger partial charge in [0.05, 0.1) is 24.8 Å². The van der Waals surface area contributed by atoms with Crippen molar-refractivity contribution in [3.8, 4) is 5.75 Å². The normalized spacial score (nSPS) is 31.2. The Balaban J connectivity index is 0.995. The Morgan fingerprint density at radius 3 is 2.41 bits per heavy atom. The first-order valence-corrected chi connectivity index (χ1v) is 16.6. The van der Waals surface area contributed by atoms with Gasteiger partial charge in [-0.25, -0.2) is 4.39 Å². The van der Waals surface area contributed by atoms with E-state index in [1.54, 1.807) is 13.0 Å². The maximum atomic E-state index is 15.1. The second kappa shape index (κ2) is 15.4. The van der Waals surface area contributed by atoms with Crippen molar-refractivity contribution in [2.45, 2.75) is 95.1 Å². The Labute approximate surface area is 283 Å². The standard InChI is InChI=1S/C35H44FN3O10/c1-19(35(44)37-28-29(41)31(43)34-33(30(28)42)45-18-46-34)14-22-8-11-26(24(36)15-22)48-27-16-25(40)32(49-27)20(2)38-47-17-21-6-9-23(10-7-21)39-12-4-3-5-13-39/h6-11,14-15,25,27-31,33-34,38,40-43H,3-5,12-13,16-18H2,1-2H3,(H,37,44)/t25-,27-,28-,29+,30-,31-,33+,34-/m1/s1. The van der Waals surface area contributed by atoms with E-state index < -0.39 is 60.7 Å². The first kappa shape index (κ1) is 35.1. The lowest BCUT2D eigenvalue weighted by molar-refractivity contribution is -0.155. The first-order valence-electron chi connectivity index (χ1n) is 16.6. The number of aliphatic hydroxyl groups excluding tert-OH is 4. The molecule has 6 rings (SSSR count). The van der Waals surface area contributed by atoms with Gasteiger partial charge in [0, 0.05) is 24.4 Å². The number of nitrogens with one attached hydrogen (secondary N) is 2. The van der Waals surface area contributed by atoms with E-state index in [2.05, 4.69) is 27.8 Å². The Bertz CT molecular complexity index is 1530. The summed E-state index contributed by atoms with van der Waals surface area (Å²) in [6, 6.07) is 11.1. The summed E-state index contributed by atoms with van der Waals surface area (Å²) in [4.78, 5) is 20.9. The minimum atomic E-state index is -1.49. The van der Waals surface area contributed by atoms with Gasteiger partial charge in [-0.1, -0.05) is 18.2 Å². The van der Waals surface area contributed by atoms with Crippen LogP contribution in [0.15, 0.2) is 59.5 Å². The predicted molar refractivity (Wildman–Crippen MR) is 174 cm³/mol. The van der Waals surface area contributed by atoms with Gasteiger partial charge in [-0.15, -0.1) is 0 Å². The van der Waals surface area contributed by atoms with Crippen LogP contribution in [0, 0.1) is 5.82 Å². The van der Waals surface area contributed by atoms with Crippen LogP contribution in [-0.2, 0) is 30.4 Å². The topological polar surface area (TPSA) is 171 Å². The molecule has 2 aromatic carbocycles. The van der Waals surface area contributed by atoms with Gasteiger partial charge in [0.1, 0.15) is 43.4 Å². The number of piperidine rings is 1. The lowest BCUT2D eigenvalue weighted by atomic mass is 9.83. The SMILES string of the molecule is CC(=Cc1ccc(O[C@H]2C[C@@H](O)C(=C(C)NOCc3ccc(N4CCCCC4)cc3)O2)c(F)c1)C(=O)N[C@@H]1[C@H](O)[C@@H](O)[C@H]2OCO[C@H]2[C@@H]1O. The van der Waals surface area contributed by atoms with Crippen molar-refractivity contribution in [1.82, 2.24) is 10.8 Å². The van der Waals surface area contributed by atoms with Crippen LogP contribution in [0.25, 0.3) is 6.08 Å². The van der Waals surface area contributed by atoms with Crippen LogP contribution >= 0.6 is 0 Å². The van der Waals surface area contributed by atoms with Crippen molar-refractivity contribution < 1.29 is 53.4 Å². The minimum absolute atomic E-state index is 0.0685. The zero-order valence-electron chi connectivity index (χ0n) is 27.5. The number of ether oxygens (including phenoxy) is 4. The van der Waals surface area contributed by atoms with E-state index in [0.717, 1.165) is 18.7 Å². The van der Waals surface area contributed by atoms with E-state index in [-0.39, 0.29) is 30.3 Å². The predicted octanol–water partition coefficient (Wildman–Crippen LogP) is 1.98. The molecule has 13 nitrogen and oxygen atoms in total. The fourth-order valence-electron chi connectivity index (χ4n) is 6.58. The monoisotopic (exact) mass is 685 g/mol. The molecule has 3 aliphatic heterocycles. The van der Waals surface area contributed by atoms with Crippen LogP contribution < -0.4 is 20.4 Å². The highest BCUT2D eigenvalue weighted by molar-refractivity contribution is 5.97. The number of allylic oxidation sites excluding steroid dienone is 1. The number of fused-ring (bicyclic) bond motifs is 1. The smallest absolute Gasteiger partial charge is 0.247 e. The molecule has 1 saturated carbocycles. The fourth-order valence-corrected chi connectivity index (χ4v) is 6.58. The van der Waals surface area contributed by atoms with Gasteiger partial charge in [-0.3, -0.25) is 15.1 Å². The number of aliphatic hydroxyl groups is 4. The summed E-state index contributed by atoms with van der Waals surface area (Å²) in [5.41, 5.74) is 5.98. The molecule has 14 heteroatoms. The Morgan fingerprint density at radius 1 is 0.980 bits per heavy atom. The summed E-state index contributed by atoms with van der Waals surface area (Å²) in [5.74, 6) is -1.23. The van der Waals surface area contributed by atoms with Crippen molar-refractivity contribution >= 4 is 17.7 Å². The number of carbonyl (C=O) groups excluding carboxylic acids is 1. The second-order valence-corrected chi connectivity index (χ2v) is 12.9. The molecular weight excluding hydrogens is 641 g/mol. The van der Waals surface area contributed by atoms with Crippen molar-refractivity contribution in [3.05, 3.63) is 76.4 Å². The molecule has 8 atom stereocenters. The molecule has 1 amide bonds. The molecule has 0 aromatic heterocycles. The lowest BCUT2D eigenvalue weighted by Gasteiger charge is -2.41. The summed E-state index contributed by atoms with van der Waals surface area (Å²) < 4.78 is 37.1. The van der Waals surface area contributed by atoms with Gasteiger partial charge in [0.2, 0.25) is 12.2 Å². The Hall–Kier alpha value is -3.76. The van der Waals surface area contributed by atoms with Crippen LogP contribution in [0.2, 0.25) is 0 Å². The minimum Gasteiger partial charge on any atom is -0.454 e. The van der Waals surface area contributed by atoms with E-state index in [4.69, 9.17) is 23.8 Å². The molecule has 0 bridgehead atoms. The number of nitrogens with zero attached hydrogens (tertiary/aromatic N) is 1. The van der Waals surface area contributed by atoms with Crippen molar-refractivity contribution in [2.24, 2.45) is 0 Å². The van der Waals surface area contributed by atoms with E-state index in [0.29, 0.717) is 17.9 Å². The summed E-state index contributed by atoms with van der Waals surface area (Å²) in [7, 11) is 0. The fraction of sp³-hybridized carbons (Fsp3) is 0.514. The van der Waals surface area contributed by atoms with Crippen LogP contribution in [0.4, 0.5) is 10.1 Å². The van der Waals surface area contributed by atoms with Crippen molar-refractivity contribution in [3.63, 3.8) is 0 Å². The van der Waals surface area contributed by atoms with Gasteiger partial charge in [-0.05, 0) is 74.6 Å². The average Bonchev–Trinajstić information content (AvgIpc) is 3.74. The highest BCUT2D eigenvalue weighted by atomic mass is 19.1. The number of halogens is 1. The number of rotatable bonds is 10. The molecule has 4 fully saturated rings. The van der Waals surface area contributed by atoms with E-state index in [1.807, 2.05) is 12.1 Å². The summed E-state index contributed by atoms with van der Waals surface area (Å²) >= 11 is 0. The van der Waals surface area contributed by atoms with E-state index in [9.17, 15) is 25.2 Å². The molecule has 0 unspecified atom stereocenters. The van der Waals surface area contributed by atoms with E-state index >= 15 is 4.39 Å². The molecule has 2 aromatic rings. The second-order valence-electron chi connectivity index (χ2n) is 12.9. The summed E-state index contributed by atoms with van der Waals surface area (Å²) in [6.07, 6.45) is -2.72.